The second-order valence-electron chi connectivity index (χ2n) is 9.89. The van der Waals surface area contributed by atoms with E-state index in [0.717, 1.165) is 11.1 Å². The minimum atomic E-state index is -4.12. The van der Waals surface area contributed by atoms with E-state index in [2.05, 4.69) is 5.32 Å². The summed E-state index contributed by atoms with van der Waals surface area (Å²) in [5.41, 5.74) is 3.08. The Morgan fingerprint density at radius 2 is 1.10 bits per heavy atom. The smallest absolute Gasteiger partial charge is 0.307 e. The van der Waals surface area contributed by atoms with Crippen molar-refractivity contribution >= 4 is 43.3 Å². The minimum Gasteiger partial charge on any atom is -0.307 e. The van der Waals surface area contributed by atoms with E-state index in [1.54, 1.807) is 0 Å². The molecule has 0 aromatic heterocycles. The van der Waals surface area contributed by atoms with Gasteiger partial charge in [-0.05, 0) is 61.1 Å². The Hall–Kier alpha value is -3.87. The van der Waals surface area contributed by atoms with Gasteiger partial charge in [-0.1, -0.05) is 70.2 Å². The summed E-state index contributed by atoms with van der Waals surface area (Å²) in [5.74, 6) is -0.143. The third-order valence-corrected chi connectivity index (χ3v) is 8.20. The fraction of sp³-hybridized carbons (Fsp3) is 0.276. The Bertz CT molecular complexity index is 1640. The van der Waals surface area contributed by atoms with Gasteiger partial charge >= 0.3 is 6.03 Å². The highest BCUT2D eigenvalue weighted by molar-refractivity contribution is 7.90. The summed E-state index contributed by atoms with van der Waals surface area (Å²) in [5, 5.41) is 7.60. The number of carbonyl (C=O) groups excluding carboxylic acids is 3. The van der Waals surface area contributed by atoms with Gasteiger partial charge < -0.3 is 5.32 Å². The molecule has 0 unspecified atom stereocenters. The predicted octanol–water partition coefficient (Wildman–Crippen LogP) is 5.18. The number of primary sulfonamides is 1. The molecular weight excluding hydrogens is 566 g/mol. The van der Waals surface area contributed by atoms with Crippen LogP contribution in [0, 0.1) is 0 Å². The lowest BCUT2D eigenvalue weighted by Crippen LogP contribution is -2.35. The highest BCUT2D eigenvalue weighted by atomic mass is 32.2. The molecule has 10 nitrogen and oxygen atoms in total. The zero-order valence-electron chi connectivity index (χ0n) is 23.8. The average molecular weight is 602 g/mol. The molecule has 0 atom stereocenters. The number of rotatable bonds is 8. The lowest BCUT2D eigenvalue weighted by atomic mass is 9.93. The molecule has 3 aromatic rings. The van der Waals surface area contributed by atoms with Crippen LogP contribution in [-0.4, -0.2) is 34.4 Å². The molecule has 0 fully saturated rings. The number of para-hydroxylation sites is 1. The quantitative estimate of drug-likeness (QED) is 0.299. The maximum absolute atomic E-state index is 12.6. The second-order valence-corrected chi connectivity index (χ2v) is 13.1. The van der Waals surface area contributed by atoms with E-state index in [-0.39, 0.29) is 38.8 Å². The van der Waals surface area contributed by atoms with Gasteiger partial charge in [0.25, 0.3) is 10.0 Å². The van der Waals surface area contributed by atoms with Crippen LogP contribution in [0.25, 0.3) is 0 Å². The maximum atomic E-state index is 12.6. The number of hydrogen-bond acceptors (Lipinski definition) is 7. The Labute approximate surface area is 241 Å². The summed E-state index contributed by atoms with van der Waals surface area (Å²) in [4.78, 5) is 34.7. The molecular formula is C29H35N3O7S2. The van der Waals surface area contributed by atoms with Gasteiger partial charge in [0.05, 0.1) is 9.79 Å². The average Bonchev–Trinajstić information content (AvgIpc) is 2.88. The van der Waals surface area contributed by atoms with Crippen molar-refractivity contribution in [3.63, 3.8) is 0 Å². The molecule has 0 bridgehead atoms. The van der Waals surface area contributed by atoms with Gasteiger partial charge in [0, 0.05) is 16.8 Å². The van der Waals surface area contributed by atoms with Crippen LogP contribution >= 0.6 is 0 Å². The molecule has 0 saturated heterocycles. The molecule has 4 N–H and O–H groups in total. The Morgan fingerprint density at radius 1 is 0.683 bits per heavy atom. The third-order valence-electron chi connectivity index (χ3n) is 5.96. The van der Waals surface area contributed by atoms with E-state index in [1.165, 1.54) is 62.4 Å². The van der Waals surface area contributed by atoms with Gasteiger partial charge in [-0.3, -0.25) is 9.59 Å². The fourth-order valence-corrected chi connectivity index (χ4v) is 5.30. The molecule has 0 aliphatic carbocycles. The number of nitrogens with two attached hydrogens (primary N) is 1. The molecule has 0 spiro atoms. The molecule has 220 valence electrons. The van der Waals surface area contributed by atoms with Crippen LogP contribution in [0.15, 0.2) is 76.5 Å². The summed E-state index contributed by atoms with van der Waals surface area (Å²) in [7, 11) is -7.83. The normalized spacial score (nSPS) is 11.4. The van der Waals surface area contributed by atoms with Crippen molar-refractivity contribution in [2.45, 2.75) is 63.2 Å². The fourth-order valence-electron chi connectivity index (χ4n) is 3.79. The van der Waals surface area contributed by atoms with Crippen LogP contribution in [-0.2, 0) is 20.0 Å². The van der Waals surface area contributed by atoms with E-state index in [9.17, 15) is 31.2 Å². The standard InChI is InChI=1S/C21H26N2O4S.C8H9NO3S/c1-13(2)18-10-7-11-19(14(3)4)20(18)22-21(25)23-28(26,27)17-9-6-8-16(12-17)15(5)24;1-6(10)7-3-2-4-8(5-7)13(9,11)12/h6-14H,1-5H3,(H2,22,23,25);2-5H,1H3,(H2,9,11,12). The predicted molar refractivity (Wildman–Crippen MR) is 158 cm³/mol. The number of carbonyl (C=O) groups is 3. The molecule has 2 amide bonds. The van der Waals surface area contributed by atoms with Crippen LogP contribution in [0.1, 0.15) is 85.2 Å². The van der Waals surface area contributed by atoms with Gasteiger partial charge in [-0.2, -0.15) is 0 Å². The number of urea groups is 1. The molecule has 0 saturated carbocycles. The molecule has 0 radical (unpaired) electrons. The molecule has 0 heterocycles. The first kappa shape index (κ1) is 33.3. The highest BCUT2D eigenvalue weighted by Gasteiger charge is 2.21. The molecule has 41 heavy (non-hydrogen) atoms. The Morgan fingerprint density at radius 3 is 1.51 bits per heavy atom. The summed E-state index contributed by atoms with van der Waals surface area (Å²) in [6.07, 6.45) is 0. The maximum Gasteiger partial charge on any atom is 0.333 e. The van der Waals surface area contributed by atoms with E-state index in [1.807, 2.05) is 50.6 Å². The van der Waals surface area contributed by atoms with Crippen molar-refractivity contribution in [2.75, 3.05) is 5.32 Å². The first-order valence-corrected chi connectivity index (χ1v) is 15.7. The molecule has 0 aliphatic heterocycles. The van der Waals surface area contributed by atoms with Gasteiger partial charge in [0.1, 0.15) is 0 Å². The van der Waals surface area contributed by atoms with Crippen LogP contribution in [0.5, 0.6) is 0 Å². The topological polar surface area (TPSA) is 170 Å². The Balaban J connectivity index is 0.000000377. The van der Waals surface area contributed by atoms with Crippen molar-refractivity contribution in [3.8, 4) is 0 Å². The minimum absolute atomic E-state index is 0.0415. The molecule has 0 aliphatic rings. The van der Waals surface area contributed by atoms with Crippen molar-refractivity contribution in [1.82, 2.24) is 4.72 Å². The summed E-state index contributed by atoms with van der Waals surface area (Å²) in [6, 6.07) is 16.1. The third kappa shape index (κ3) is 9.34. The van der Waals surface area contributed by atoms with Crippen LogP contribution in [0.2, 0.25) is 0 Å². The Kier molecular flexibility index (Phi) is 11.1. The largest absolute Gasteiger partial charge is 0.333 e. The SMILES string of the molecule is CC(=O)c1cccc(S(=O)(=O)NC(=O)Nc2c(C(C)C)cccc2C(C)C)c1.CC(=O)c1cccc(S(N)(=O)=O)c1. The summed E-state index contributed by atoms with van der Waals surface area (Å²) < 4.78 is 48.9. The lowest BCUT2D eigenvalue weighted by molar-refractivity contribution is 0.100. The monoisotopic (exact) mass is 601 g/mol. The first-order valence-electron chi connectivity index (χ1n) is 12.7. The highest BCUT2D eigenvalue weighted by Crippen LogP contribution is 2.32. The van der Waals surface area contributed by atoms with E-state index in [4.69, 9.17) is 5.14 Å². The number of nitrogens with one attached hydrogen (secondary N) is 2. The lowest BCUT2D eigenvalue weighted by Gasteiger charge is -2.20. The van der Waals surface area contributed by atoms with Crippen molar-refractivity contribution in [2.24, 2.45) is 5.14 Å². The summed E-state index contributed by atoms with van der Waals surface area (Å²) in [6.45, 7) is 10.7. The van der Waals surface area contributed by atoms with Crippen LogP contribution < -0.4 is 15.2 Å². The van der Waals surface area contributed by atoms with E-state index < -0.39 is 26.1 Å². The molecule has 3 aromatic carbocycles. The number of sulfonamides is 2. The van der Waals surface area contributed by atoms with E-state index in [0.29, 0.717) is 11.3 Å². The number of amides is 2. The van der Waals surface area contributed by atoms with E-state index >= 15 is 0 Å². The van der Waals surface area contributed by atoms with Crippen LogP contribution in [0.3, 0.4) is 0 Å². The number of ketones is 2. The number of Topliss-reactive ketones (excluding diaryl/α,β-unsaturated/α-hetero) is 2. The zero-order valence-corrected chi connectivity index (χ0v) is 25.4. The van der Waals surface area contributed by atoms with Crippen molar-refractivity contribution < 1.29 is 31.2 Å². The van der Waals surface area contributed by atoms with Crippen molar-refractivity contribution in [3.05, 3.63) is 89.0 Å². The number of hydrogen-bond donors (Lipinski definition) is 3. The van der Waals surface area contributed by atoms with Crippen molar-refractivity contribution in [1.29, 1.82) is 0 Å². The summed E-state index contributed by atoms with van der Waals surface area (Å²) >= 11 is 0. The van der Waals surface area contributed by atoms with Gasteiger partial charge in [0.2, 0.25) is 10.0 Å². The molecule has 12 heteroatoms. The van der Waals surface area contributed by atoms with Gasteiger partial charge in [-0.15, -0.1) is 0 Å². The first-order chi connectivity index (χ1) is 18.9. The van der Waals surface area contributed by atoms with Gasteiger partial charge in [0.15, 0.2) is 11.6 Å². The van der Waals surface area contributed by atoms with Gasteiger partial charge in [-0.25, -0.2) is 31.5 Å². The van der Waals surface area contributed by atoms with Crippen LogP contribution in [0.4, 0.5) is 10.5 Å². The zero-order chi connectivity index (χ0) is 31.1. The number of anilines is 1. The number of benzene rings is 3. The second kappa shape index (κ2) is 13.7. The molecule has 3 rings (SSSR count).